The maximum Gasteiger partial charge on any atom is 0.250 e. The normalized spacial score (nSPS) is 15.2. The molecule has 0 radical (unpaired) electrons. The highest BCUT2D eigenvalue weighted by atomic mass is 35.5. The summed E-state index contributed by atoms with van der Waals surface area (Å²) in [7, 11) is 0. The molecule has 3 N–H and O–H groups in total. The Morgan fingerprint density at radius 3 is 2.61 bits per heavy atom. The van der Waals surface area contributed by atoms with E-state index >= 15 is 0 Å². The minimum Gasteiger partial charge on any atom is -0.366 e. The summed E-state index contributed by atoms with van der Waals surface area (Å²) < 4.78 is 0. The number of nitrogens with one attached hydrogen (secondary N) is 1. The first-order valence-electron chi connectivity index (χ1n) is 9.33. The van der Waals surface area contributed by atoms with Crippen LogP contribution in [0.4, 0.5) is 5.82 Å². The maximum absolute atomic E-state index is 11.8. The molecule has 1 atom stereocenters. The van der Waals surface area contributed by atoms with Crippen LogP contribution in [0.3, 0.4) is 0 Å². The predicted molar refractivity (Wildman–Crippen MR) is 112 cm³/mol. The summed E-state index contributed by atoms with van der Waals surface area (Å²) in [6.45, 7) is 4.87. The molecule has 2 aromatic carbocycles. The Morgan fingerprint density at radius 2 is 1.96 bits per heavy atom. The minimum absolute atomic E-state index is 0.0345. The molecule has 4 rings (SSSR count). The summed E-state index contributed by atoms with van der Waals surface area (Å²) in [4.78, 5) is 23.3. The topological polar surface area (TPSA) is 84.1 Å². The van der Waals surface area contributed by atoms with Gasteiger partial charge in [-0.1, -0.05) is 29.8 Å². The van der Waals surface area contributed by atoms with E-state index in [9.17, 15) is 4.79 Å². The molecule has 2 heterocycles. The second-order valence-corrected chi connectivity index (χ2v) is 7.52. The van der Waals surface area contributed by atoms with Gasteiger partial charge in [-0.25, -0.2) is 9.97 Å². The van der Waals surface area contributed by atoms with Gasteiger partial charge in [-0.05, 0) is 56.3 Å². The van der Waals surface area contributed by atoms with Crippen molar-refractivity contribution < 1.29 is 4.79 Å². The Morgan fingerprint density at radius 1 is 1.21 bits per heavy atom. The first-order chi connectivity index (χ1) is 13.5. The van der Waals surface area contributed by atoms with Crippen LogP contribution in [0.1, 0.15) is 34.2 Å². The zero-order valence-electron chi connectivity index (χ0n) is 15.7. The number of primary amides is 1. The zero-order valence-corrected chi connectivity index (χ0v) is 16.4. The van der Waals surface area contributed by atoms with Gasteiger partial charge in [0.1, 0.15) is 11.6 Å². The molecular weight excluding hydrogens is 374 g/mol. The van der Waals surface area contributed by atoms with E-state index in [0.29, 0.717) is 27.7 Å². The number of benzene rings is 2. The van der Waals surface area contributed by atoms with E-state index in [1.807, 2.05) is 37.3 Å². The quantitative estimate of drug-likeness (QED) is 0.666. The number of carbonyl (C=O) groups excluding carboxylic acids is 1. The number of amides is 1. The van der Waals surface area contributed by atoms with E-state index in [2.05, 4.69) is 20.2 Å². The van der Waals surface area contributed by atoms with E-state index in [1.165, 1.54) is 6.42 Å². The van der Waals surface area contributed by atoms with Crippen LogP contribution in [0.25, 0.3) is 10.9 Å². The number of carbonyl (C=O) groups is 1. The second kappa shape index (κ2) is 7.73. The van der Waals surface area contributed by atoms with Crippen molar-refractivity contribution >= 4 is 34.2 Å². The molecule has 6 nitrogen and oxygen atoms in total. The van der Waals surface area contributed by atoms with Crippen molar-refractivity contribution in [3.05, 3.63) is 64.4 Å². The summed E-state index contributed by atoms with van der Waals surface area (Å²) in [5, 5.41) is 5.07. The number of hydrogen-bond donors (Lipinski definition) is 2. The number of halogens is 1. The number of anilines is 1. The van der Waals surface area contributed by atoms with Crippen LogP contribution in [0.5, 0.6) is 0 Å². The van der Waals surface area contributed by atoms with Gasteiger partial charge in [-0.15, -0.1) is 0 Å². The Hall–Kier alpha value is -2.70. The first-order valence-corrected chi connectivity index (χ1v) is 9.70. The van der Waals surface area contributed by atoms with Crippen molar-refractivity contribution in [1.82, 2.24) is 14.9 Å². The van der Waals surface area contributed by atoms with E-state index in [-0.39, 0.29) is 6.04 Å². The third kappa shape index (κ3) is 3.79. The highest BCUT2D eigenvalue weighted by molar-refractivity contribution is 6.30. The fraction of sp³-hybridized carbons (Fsp3) is 0.286. The van der Waals surface area contributed by atoms with Crippen LogP contribution in [-0.4, -0.2) is 40.4 Å². The molecule has 0 aliphatic carbocycles. The monoisotopic (exact) mass is 395 g/mol. The second-order valence-electron chi connectivity index (χ2n) is 7.09. The average molecular weight is 396 g/mol. The van der Waals surface area contributed by atoms with Gasteiger partial charge in [0.25, 0.3) is 5.91 Å². The van der Waals surface area contributed by atoms with E-state index in [0.717, 1.165) is 30.6 Å². The molecule has 1 amide bonds. The molecule has 1 saturated heterocycles. The maximum atomic E-state index is 11.8. The molecule has 1 aliphatic heterocycles. The van der Waals surface area contributed by atoms with Crippen molar-refractivity contribution in [2.75, 3.05) is 25.0 Å². The summed E-state index contributed by atoms with van der Waals surface area (Å²) in [6.07, 6.45) is 1.23. The zero-order chi connectivity index (χ0) is 19.7. The van der Waals surface area contributed by atoms with Gasteiger partial charge in [0.15, 0.2) is 0 Å². The van der Waals surface area contributed by atoms with Gasteiger partial charge in [-0.2, -0.15) is 0 Å². The molecule has 144 valence electrons. The third-order valence-corrected chi connectivity index (χ3v) is 5.33. The number of aryl methyl sites for hydroxylation is 1. The summed E-state index contributed by atoms with van der Waals surface area (Å²) in [5.74, 6) is 0.790. The van der Waals surface area contributed by atoms with Crippen molar-refractivity contribution in [3.63, 3.8) is 0 Å². The Bertz CT molecular complexity index is 1020. The van der Waals surface area contributed by atoms with Crippen molar-refractivity contribution in [3.8, 4) is 0 Å². The number of para-hydroxylation sites is 1. The fourth-order valence-electron chi connectivity index (χ4n) is 3.49. The lowest BCUT2D eigenvalue weighted by Crippen LogP contribution is -2.41. The van der Waals surface area contributed by atoms with Crippen molar-refractivity contribution in [2.24, 2.45) is 5.73 Å². The van der Waals surface area contributed by atoms with E-state index in [4.69, 9.17) is 17.3 Å². The van der Waals surface area contributed by atoms with Crippen molar-refractivity contribution in [2.45, 2.75) is 19.4 Å². The van der Waals surface area contributed by atoms with Crippen LogP contribution in [0.2, 0.25) is 5.02 Å². The van der Waals surface area contributed by atoms with E-state index < -0.39 is 5.91 Å². The highest BCUT2D eigenvalue weighted by Crippen LogP contribution is 2.28. The van der Waals surface area contributed by atoms with E-state index in [1.54, 1.807) is 12.1 Å². The molecule has 1 aromatic heterocycles. The highest BCUT2D eigenvalue weighted by Gasteiger charge is 2.22. The Balaban J connectivity index is 1.75. The molecule has 28 heavy (non-hydrogen) atoms. The van der Waals surface area contributed by atoms with Crippen LogP contribution in [0.15, 0.2) is 42.5 Å². The molecule has 3 aromatic rings. The lowest BCUT2D eigenvalue weighted by molar-refractivity contribution is 0.100. The molecular formula is C21H22ClN5O. The van der Waals surface area contributed by atoms with Gasteiger partial charge < -0.3 is 16.0 Å². The molecule has 1 unspecified atom stereocenters. The largest absolute Gasteiger partial charge is 0.366 e. The summed E-state index contributed by atoms with van der Waals surface area (Å²) in [6, 6.07) is 13.3. The standard InChI is InChI=1S/C21H22ClN5O/c1-13-24-19-16(20(23)28)4-2-5-17(19)21(25-13)26-18(12-27-10-3-11-27)14-6-8-15(22)9-7-14/h2,4-9,18H,3,10-12H2,1H3,(H2,23,28)(H,24,25,26). The van der Waals surface area contributed by atoms with Gasteiger partial charge >= 0.3 is 0 Å². The number of hydrogen-bond acceptors (Lipinski definition) is 5. The third-order valence-electron chi connectivity index (χ3n) is 5.08. The molecule has 7 heteroatoms. The number of fused-ring (bicyclic) bond motifs is 1. The fourth-order valence-corrected chi connectivity index (χ4v) is 3.62. The summed E-state index contributed by atoms with van der Waals surface area (Å²) in [5.41, 5.74) is 7.64. The Kier molecular flexibility index (Phi) is 5.15. The van der Waals surface area contributed by atoms with Gasteiger partial charge in [0.05, 0.1) is 17.1 Å². The molecule has 0 saturated carbocycles. The minimum atomic E-state index is -0.496. The van der Waals surface area contributed by atoms with Gasteiger partial charge in [-0.3, -0.25) is 4.79 Å². The van der Waals surface area contributed by atoms with Crippen LogP contribution < -0.4 is 11.1 Å². The van der Waals surface area contributed by atoms with Crippen LogP contribution >= 0.6 is 11.6 Å². The summed E-state index contributed by atoms with van der Waals surface area (Å²) >= 11 is 6.07. The van der Waals surface area contributed by atoms with Crippen LogP contribution in [0, 0.1) is 6.92 Å². The Labute approximate surface area is 168 Å². The molecule has 1 aliphatic rings. The molecule has 0 spiro atoms. The lowest BCUT2D eigenvalue weighted by Gasteiger charge is -2.35. The van der Waals surface area contributed by atoms with Crippen LogP contribution in [-0.2, 0) is 0 Å². The number of nitrogens with zero attached hydrogens (tertiary/aromatic N) is 3. The number of aromatic nitrogens is 2. The number of rotatable bonds is 6. The average Bonchev–Trinajstić information content (AvgIpc) is 2.63. The van der Waals surface area contributed by atoms with Crippen molar-refractivity contribution in [1.29, 1.82) is 0 Å². The SMILES string of the molecule is Cc1nc(NC(CN2CCC2)c2ccc(Cl)cc2)c2cccc(C(N)=O)c2n1. The molecule has 0 bridgehead atoms. The smallest absolute Gasteiger partial charge is 0.250 e. The lowest BCUT2D eigenvalue weighted by atomic mass is 10.0. The number of likely N-dealkylation sites (tertiary alicyclic amines) is 1. The van der Waals surface area contributed by atoms with Gasteiger partial charge in [0.2, 0.25) is 0 Å². The number of nitrogens with two attached hydrogens (primary N) is 1. The molecule has 1 fully saturated rings. The predicted octanol–water partition coefficient (Wildman–Crippen LogP) is 3.55. The first kappa shape index (κ1) is 18.7. The van der Waals surface area contributed by atoms with Gasteiger partial charge in [0, 0.05) is 17.0 Å².